The first kappa shape index (κ1) is 15.4. The number of piperidine rings is 1. The van der Waals surface area contributed by atoms with Crippen molar-refractivity contribution >= 4 is 5.91 Å². The van der Waals surface area contributed by atoms with Gasteiger partial charge in [0.1, 0.15) is 11.9 Å². The monoisotopic (exact) mass is 291 g/mol. The molecule has 1 heterocycles. The standard InChI is InChI=1S/C15H18FN3O2/c16-13-2-1-11(12(7-13)8-17)9-19-5-3-10(4-6-19)14(20)15(18)21/h1-2,7,10,14,20H,3-6,9H2,(H2,18,21)/t14-/m0/s1. The van der Waals surface area contributed by atoms with E-state index in [2.05, 4.69) is 4.90 Å². The van der Waals surface area contributed by atoms with Crippen LogP contribution >= 0.6 is 0 Å². The molecular weight excluding hydrogens is 273 g/mol. The highest BCUT2D eigenvalue weighted by Crippen LogP contribution is 2.23. The van der Waals surface area contributed by atoms with Crippen molar-refractivity contribution < 1.29 is 14.3 Å². The number of primary amides is 1. The number of aliphatic hydroxyl groups is 1. The van der Waals surface area contributed by atoms with Crippen LogP contribution in [-0.4, -0.2) is 35.1 Å². The summed E-state index contributed by atoms with van der Waals surface area (Å²) < 4.78 is 13.1. The van der Waals surface area contributed by atoms with E-state index in [1.165, 1.54) is 12.1 Å². The number of nitriles is 1. The van der Waals surface area contributed by atoms with Crippen molar-refractivity contribution in [3.63, 3.8) is 0 Å². The summed E-state index contributed by atoms with van der Waals surface area (Å²) in [6.45, 7) is 1.97. The van der Waals surface area contributed by atoms with E-state index in [1.54, 1.807) is 6.07 Å². The molecule has 1 fully saturated rings. The minimum atomic E-state index is -1.09. The van der Waals surface area contributed by atoms with Crippen molar-refractivity contribution in [3.8, 4) is 6.07 Å². The molecule has 1 aliphatic rings. The van der Waals surface area contributed by atoms with Crippen molar-refractivity contribution in [2.45, 2.75) is 25.5 Å². The number of hydrogen-bond acceptors (Lipinski definition) is 4. The topological polar surface area (TPSA) is 90.3 Å². The fourth-order valence-electron chi connectivity index (χ4n) is 2.69. The molecule has 0 aliphatic carbocycles. The first-order chi connectivity index (χ1) is 10.0. The lowest BCUT2D eigenvalue weighted by atomic mass is 9.90. The molecule has 0 radical (unpaired) electrons. The van der Waals surface area contributed by atoms with Crippen LogP contribution in [0.3, 0.4) is 0 Å². The van der Waals surface area contributed by atoms with Crippen molar-refractivity contribution in [2.75, 3.05) is 13.1 Å². The van der Waals surface area contributed by atoms with Crippen LogP contribution in [0.25, 0.3) is 0 Å². The maximum Gasteiger partial charge on any atom is 0.246 e. The van der Waals surface area contributed by atoms with Crippen molar-refractivity contribution in [3.05, 3.63) is 35.1 Å². The van der Waals surface area contributed by atoms with Gasteiger partial charge in [0.2, 0.25) is 5.91 Å². The second-order valence-corrected chi connectivity index (χ2v) is 5.37. The van der Waals surface area contributed by atoms with E-state index in [0.29, 0.717) is 38.0 Å². The van der Waals surface area contributed by atoms with Gasteiger partial charge in [0.25, 0.3) is 0 Å². The third-order valence-electron chi connectivity index (χ3n) is 3.96. The van der Waals surface area contributed by atoms with Crippen molar-refractivity contribution in [2.24, 2.45) is 11.7 Å². The van der Waals surface area contributed by atoms with Gasteiger partial charge in [-0.25, -0.2) is 4.39 Å². The fraction of sp³-hybridized carbons (Fsp3) is 0.467. The lowest BCUT2D eigenvalue weighted by Crippen LogP contribution is -2.42. The quantitative estimate of drug-likeness (QED) is 0.856. The van der Waals surface area contributed by atoms with Gasteiger partial charge in [-0.05, 0) is 49.5 Å². The summed E-state index contributed by atoms with van der Waals surface area (Å²) >= 11 is 0. The highest BCUT2D eigenvalue weighted by Gasteiger charge is 2.28. The lowest BCUT2D eigenvalue weighted by Gasteiger charge is -2.33. The molecule has 6 heteroatoms. The number of carbonyl (C=O) groups excluding carboxylic acids is 1. The van der Waals surface area contributed by atoms with Crippen LogP contribution in [0.2, 0.25) is 0 Å². The number of hydrogen-bond donors (Lipinski definition) is 2. The van der Waals surface area contributed by atoms with Gasteiger partial charge < -0.3 is 10.8 Å². The Kier molecular flexibility index (Phi) is 4.89. The predicted octanol–water partition coefficient (Wildman–Crippen LogP) is 0.756. The molecule has 5 nitrogen and oxygen atoms in total. The van der Waals surface area contributed by atoms with Crippen LogP contribution in [0.15, 0.2) is 18.2 Å². The number of likely N-dealkylation sites (tertiary alicyclic amines) is 1. The van der Waals surface area contributed by atoms with Crippen LogP contribution in [-0.2, 0) is 11.3 Å². The molecule has 0 bridgehead atoms. The van der Waals surface area contributed by atoms with Crippen LogP contribution in [0, 0.1) is 23.1 Å². The number of benzene rings is 1. The Bertz CT molecular complexity index is 563. The van der Waals surface area contributed by atoms with Gasteiger partial charge in [-0.15, -0.1) is 0 Å². The van der Waals surface area contributed by atoms with Crippen LogP contribution in [0.4, 0.5) is 4.39 Å². The third kappa shape index (κ3) is 3.78. The summed E-state index contributed by atoms with van der Waals surface area (Å²) in [5.74, 6) is -1.21. The molecule has 1 aliphatic heterocycles. The molecule has 3 N–H and O–H groups in total. The average Bonchev–Trinajstić information content (AvgIpc) is 2.49. The second kappa shape index (κ2) is 6.66. The van der Waals surface area contributed by atoms with Crippen LogP contribution < -0.4 is 5.73 Å². The number of rotatable bonds is 4. The van der Waals surface area contributed by atoms with Crippen LogP contribution in [0.1, 0.15) is 24.0 Å². The van der Waals surface area contributed by atoms with Crippen molar-refractivity contribution in [1.29, 1.82) is 5.26 Å². The first-order valence-electron chi connectivity index (χ1n) is 6.89. The number of nitrogens with two attached hydrogens (primary N) is 1. The number of amides is 1. The zero-order chi connectivity index (χ0) is 15.4. The molecular formula is C15H18FN3O2. The molecule has 1 aromatic carbocycles. The average molecular weight is 291 g/mol. The van der Waals surface area contributed by atoms with E-state index in [-0.39, 0.29) is 5.92 Å². The Balaban J connectivity index is 1.95. The summed E-state index contributed by atoms with van der Waals surface area (Å²) in [5, 5.41) is 18.7. The zero-order valence-corrected chi connectivity index (χ0v) is 11.6. The summed E-state index contributed by atoms with van der Waals surface area (Å²) in [4.78, 5) is 13.1. The van der Waals surface area contributed by atoms with E-state index in [0.717, 1.165) is 5.56 Å². The Morgan fingerprint density at radius 2 is 2.19 bits per heavy atom. The minimum Gasteiger partial charge on any atom is -0.383 e. The predicted molar refractivity (Wildman–Crippen MR) is 74.3 cm³/mol. The molecule has 1 aromatic rings. The number of aliphatic hydroxyl groups excluding tert-OH is 1. The van der Waals surface area contributed by atoms with E-state index in [9.17, 15) is 14.3 Å². The molecule has 0 saturated carbocycles. The Morgan fingerprint density at radius 3 is 2.76 bits per heavy atom. The van der Waals surface area contributed by atoms with Gasteiger partial charge >= 0.3 is 0 Å². The molecule has 1 atom stereocenters. The third-order valence-corrected chi connectivity index (χ3v) is 3.96. The molecule has 1 amide bonds. The van der Waals surface area contributed by atoms with E-state index in [4.69, 9.17) is 11.0 Å². The molecule has 0 unspecified atom stereocenters. The fourth-order valence-corrected chi connectivity index (χ4v) is 2.69. The summed E-state index contributed by atoms with van der Waals surface area (Å²) in [7, 11) is 0. The maximum absolute atomic E-state index is 13.1. The van der Waals surface area contributed by atoms with Gasteiger partial charge in [0.15, 0.2) is 0 Å². The summed E-state index contributed by atoms with van der Waals surface area (Å²) in [6.07, 6.45) is 0.257. The SMILES string of the molecule is N#Cc1cc(F)ccc1CN1CCC([C@H](O)C(N)=O)CC1. The van der Waals surface area contributed by atoms with Gasteiger partial charge in [0.05, 0.1) is 11.6 Å². The molecule has 0 spiro atoms. The highest BCUT2D eigenvalue weighted by atomic mass is 19.1. The highest BCUT2D eigenvalue weighted by molar-refractivity contribution is 5.78. The van der Waals surface area contributed by atoms with Gasteiger partial charge in [-0.2, -0.15) is 5.26 Å². The normalized spacial score (nSPS) is 18.1. The molecule has 2 rings (SSSR count). The maximum atomic E-state index is 13.1. The van der Waals surface area contributed by atoms with Crippen molar-refractivity contribution in [1.82, 2.24) is 4.90 Å². The second-order valence-electron chi connectivity index (χ2n) is 5.37. The summed E-state index contributed by atoms with van der Waals surface area (Å²) in [5.41, 5.74) is 6.23. The molecule has 1 saturated heterocycles. The zero-order valence-electron chi connectivity index (χ0n) is 11.6. The molecule has 0 aromatic heterocycles. The minimum absolute atomic E-state index is 0.109. The van der Waals surface area contributed by atoms with E-state index >= 15 is 0 Å². The first-order valence-corrected chi connectivity index (χ1v) is 6.89. The molecule has 112 valence electrons. The van der Waals surface area contributed by atoms with Gasteiger partial charge in [-0.1, -0.05) is 6.07 Å². The van der Waals surface area contributed by atoms with Gasteiger partial charge in [0, 0.05) is 6.54 Å². The smallest absolute Gasteiger partial charge is 0.246 e. The largest absolute Gasteiger partial charge is 0.383 e. The number of carbonyl (C=O) groups is 1. The summed E-state index contributed by atoms with van der Waals surface area (Å²) in [6, 6.07) is 6.21. The Morgan fingerprint density at radius 1 is 1.52 bits per heavy atom. The number of nitrogens with zero attached hydrogens (tertiary/aromatic N) is 2. The molecule has 21 heavy (non-hydrogen) atoms. The van der Waals surface area contributed by atoms with Crippen LogP contribution in [0.5, 0.6) is 0 Å². The number of halogens is 1. The lowest BCUT2D eigenvalue weighted by molar-refractivity contribution is -0.129. The van der Waals surface area contributed by atoms with E-state index < -0.39 is 17.8 Å². The van der Waals surface area contributed by atoms with E-state index in [1.807, 2.05) is 6.07 Å². The van der Waals surface area contributed by atoms with Gasteiger partial charge in [-0.3, -0.25) is 9.69 Å². The Hall–Kier alpha value is -1.97. The Labute approximate surface area is 122 Å².